The summed E-state index contributed by atoms with van der Waals surface area (Å²) < 4.78 is 31.5. The predicted octanol–water partition coefficient (Wildman–Crippen LogP) is 2.47. The smallest absolute Gasteiger partial charge is 0.243 e. The fourth-order valence-electron chi connectivity index (χ4n) is 2.32. The van der Waals surface area contributed by atoms with E-state index in [0.29, 0.717) is 36.2 Å². The fourth-order valence-corrected chi connectivity index (χ4v) is 3.92. The fraction of sp³-hybridized carbons (Fsp3) is 0.353. The van der Waals surface area contributed by atoms with Gasteiger partial charge in [0, 0.05) is 19.6 Å². The zero-order chi connectivity index (χ0) is 18.3. The van der Waals surface area contributed by atoms with Crippen LogP contribution in [0.15, 0.2) is 52.0 Å². The highest BCUT2D eigenvalue weighted by atomic mass is 32.2. The number of nitrogens with one attached hydrogen (secondary N) is 2. The van der Waals surface area contributed by atoms with Gasteiger partial charge in [-0.25, -0.2) is 8.42 Å². The summed E-state index contributed by atoms with van der Waals surface area (Å²) in [5.74, 6) is 0.801. The highest BCUT2D eigenvalue weighted by molar-refractivity contribution is 7.89. The molecule has 25 heavy (non-hydrogen) atoms. The van der Waals surface area contributed by atoms with Crippen molar-refractivity contribution in [1.82, 2.24) is 14.9 Å². The molecule has 2 rings (SSSR count). The molecule has 0 aliphatic heterocycles. The van der Waals surface area contributed by atoms with E-state index in [1.54, 1.807) is 30.5 Å². The van der Waals surface area contributed by atoms with Crippen LogP contribution in [0.4, 0.5) is 0 Å². The second-order valence-corrected chi connectivity index (χ2v) is 7.70. The van der Waals surface area contributed by atoms with E-state index in [4.69, 9.17) is 16.6 Å². The number of hydrogen-bond donors (Lipinski definition) is 2. The first-order valence-corrected chi connectivity index (χ1v) is 9.95. The van der Waals surface area contributed by atoms with Crippen molar-refractivity contribution in [3.05, 3.63) is 54.0 Å². The first-order valence-electron chi connectivity index (χ1n) is 8.10. The first-order chi connectivity index (χ1) is 12.0. The van der Waals surface area contributed by atoms with Gasteiger partial charge in [0.05, 0.1) is 17.7 Å². The molecule has 0 bridgehead atoms. The van der Waals surface area contributed by atoms with Gasteiger partial charge in [-0.15, -0.1) is 0 Å². The summed E-state index contributed by atoms with van der Waals surface area (Å²) >= 11 is 5.21. The highest BCUT2D eigenvalue weighted by Crippen LogP contribution is 2.16. The minimum Gasteiger partial charge on any atom is -0.467 e. The van der Waals surface area contributed by atoms with Crippen molar-refractivity contribution in [2.45, 2.75) is 31.8 Å². The summed E-state index contributed by atoms with van der Waals surface area (Å²) in [7, 11) is -3.42. The summed E-state index contributed by atoms with van der Waals surface area (Å²) in [6, 6.07) is 10.5. The lowest BCUT2D eigenvalue weighted by molar-refractivity contribution is 0.445. The maximum Gasteiger partial charge on any atom is 0.243 e. The molecule has 0 amide bonds. The molecule has 0 aliphatic carbocycles. The van der Waals surface area contributed by atoms with E-state index in [9.17, 15) is 8.42 Å². The summed E-state index contributed by atoms with van der Waals surface area (Å²) in [6.45, 7) is 5.59. The second-order valence-electron chi connectivity index (χ2n) is 5.35. The largest absolute Gasteiger partial charge is 0.467 e. The predicted molar refractivity (Wildman–Crippen MR) is 102 cm³/mol. The van der Waals surface area contributed by atoms with E-state index < -0.39 is 10.0 Å². The summed E-state index contributed by atoms with van der Waals surface area (Å²) in [4.78, 5) is 0.304. The number of hydrogen-bond acceptors (Lipinski definition) is 4. The molecule has 0 aliphatic rings. The van der Waals surface area contributed by atoms with Crippen LogP contribution in [0, 0.1) is 0 Å². The Bertz CT molecular complexity index is 768. The lowest BCUT2D eigenvalue weighted by atomic mass is 10.2. The van der Waals surface area contributed by atoms with Gasteiger partial charge < -0.3 is 15.1 Å². The van der Waals surface area contributed by atoms with Gasteiger partial charge in [0.1, 0.15) is 5.76 Å². The third-order valence-corrected chi connectivity index (χ3v) is 6.08. The zero-order valence-corrected chi connectivity index (χ0v) is 16.0. The zero-order valence-electron chi connectivity index (χ0n) is 14.4. The van der Waals surface area contributed by atoms with Crippen LogP contribution < -0.4 is 10.6 Å². The molecule has 1 aromatic heterocycles. The van der Waals surface area contributed by atoms with Crippen molar-refractivity contribution in [1.29, 1.82) is 0 Å². The van der Waals surface area contributed by atoms with Crippen LogP contribution in [0.25, 0.3) is 0 Å². The van der Waals surface area contributed by atoms with Crippen LogP contribution >= 0.6 is 12.2 Å². The molecular weight excluding hydrogens is 358 g/mol. The Morgan fingerprint density at radius 3 is 2.28 bits per heavy atom. The average molecular weight is 382 g/mol. The Morgan fingerprint density at radius 1 is 1.08 bits per heavy atom. The van der Waals surface area contributed by atoms with Crippen molar-refractivity contribution in [3.63, 3.8) is 0 Å². The van der Waals surface area contributed by atoms with Gasteiger partial charge in [0.15, 0.2) is 5.11 Å². The van der Waals surface area contributed by atoms with Gasteiger partial charge in [0.2, 0.25) is 10.0 Å². The standard InChI is InChI=1S/C17H23N3O3S2/c1-3-20(4-2)25(21,22)16-9-7-14(8-10-16)12-18-17(24)19-13-15-6-5-11-23-15/h5-11H,3-4,12-13H2,1-2H3,(H2,18,19,24). The van der Waals surface area contributed by atoms with Crippen molar-refractivity contribution in [3.8, 4) is 0 Å². The minimum atomic E-state index is -3.42. The van der Waals surface area contributed by atoms with E-state index in [0.717, 1.165) is 11.3 Å². The number of benzene rings is 1. The Morgan fingerprint density at radius 2 is 1.72 bits per heavy atom. The van der Waals surface area contributed by atoms with Gasteiger partial charge in [-0.05, 0) is 42.0 Å². The van der Waals surface area contributed by atoms with E-state index in [-0.39, 0.29) is 0 Å². The Hall–Kier alpha value is -1.90. The molecule has 2 N–H and O–H groups in total. The van der Waals surface area contributed by atoms with Crippen LogP contribution in [-0.2, 0) is 23.1 Å². The second kappa shape index (κ2) is 8.98. The van der Waals surface area contributed by atoms with Crippen molar-refractivity contribution >= 4 is 27.4 Å². The normalized spacial score (nSPS) is 11.5. The molecule has 0 unspecified atom stereocenters. The lowest BCUT2D eigenvalue weighted by Gasteiger charge is -2.18. The molecule has 0 spiro atoms. The Labute approximate surface area is 154 Å². The van der Waals surface area contributed by atoms with Gasteiger partial charge in [-0.2, -0.15) is 4.31 Å². The van der Waals surface area contributed by atoms with Crippen LogP contribution in [0.2, 0.25) is 0 Å². The van der Waals surface area contributed by atoms with Gasteiger partial charge in [0.25, 0.3) is 0 Å². The lowest BCUT2D eigenvalue weighted by Crippen LogP contribution is -2.34. The van der Waals surface area contributed by atoms with Crippen molar-refractivity contribution < 1.29 is 12.8 Å². The Kier molecular flexibility index (Phi) is 6.98. The van der Waals surface area contributed by atoms with Gasteiger partial charge >= 0.3 is 0 Å². The minimum absolute atomic E-state index is 0.304. The molecule has 0 saturated carbocycles. The van der Waals surface area contributed by atoms with Crippen LogP contribution in [0.1, 0.15) is 25.2 Å². The molecule has 0 radical (unpaired) electrons. The molecule has 1 heterocycles. The third-order valence-electron chi connectivity index (χ3n) is 3.72. The van der Waals surface area contributed by atoms with Crippen molar-refractivity contribution in [2.24, 2.45) is 0 Å². The first kappa shape index (κ1) is 19.4. The highest BCUT2D eigenvalue weighted by Gasteiger charge is 2.21. The van der Waals surface area contributed by atoms with Gasteiger partial charge in [-0.3, -0.25) is 0 Å². The number of furan rings is 1. The molecule has 136 valence electrons. The molecule has 0 saturated heterocycles. The number of sulfonamides is 1. The topological polar surface area (TPSA) is 74.6 Å². The quantitative estimate of drug-likeness (QED) is 0.685. The summed E-state index contributed by atoms with van der Waals surface area (Å²) in [6.07, 6.45) is 1.61. The summed E-state index contributed by atoms with van der Waals surface area (Å²) in [5.41, 5.74) is 0.945. The van der Waals surface area contributed by atoms with Gasteiger partial charge in [-0.1, -0.05) is 26.0 Å². The Balaban J connectivity index is 1.88. The third kappa shape index (κ3) is 5.29. The molecule has 6 nitrogen and oxygen atoms in total. The molecule has 2 aromatic rings. The van der Waals surface area contributed by atoms with Crippen LogP contribution in [0.5, 0.6) is 0 Å². The van der Waals surface area contributed by atoms with E-state index in [1.165, 1.54) is 4.31 Å². The number of rotatable bonds is 8. The van der Waals surface area contributed by atoms with Crippen LogP contribution in [0.3, 0.4) is 0 Å². The molecule has 1 aromatic carbocycles. The van der Waals surface area contributed by atoms with E-state index in [2.05, 4.69) is 10.6 Å². The maximum atomic E-state index is 12.4. The average Bonchev–Trinajstić information content (AvgIpc) is 3.13. The summed E-state index contributed by atoms with van der Waals surface area (Å²) in [5, 5.41) is 6.64. The molecule has 8 heteroatoms. The van der Waals surface area contributed by atoms with E-state index in [1.807, 2.05) is 26.0 Å². The SMILES string of the molecule is CCN(CC)S(=O)(=O)c1ccc(CNC(=S)NCc2ccco2)cc1. The molecule has 0 atom stereocenters. The van der Waals surface area contributed by atoms with Crippen molar-refractivity contribution in [2.75, 3.05) is 13.1 Å². The molecular formula is C17H23N3O3S2. The maximum absolute atomic E-state index is 12.4. The number of thiocarbonyl (C=S) groups is 1. The monoisotopic (exact) mass is 381 g/mol. The number of nitrogens with zero attached hydrogens (tertiary/aromatic N) is 1. The van der Waals surface area contributed by atoms with Crippen LogP contribution in [-0.4, -0.2) is 30.9 Å². The molecule has 0 fully saturated rings. The van der Waals surface area contributed by atoms with E-state index >= 15 is 0 Å².